The average Bonchev–Trinajstić information content (AvgIpc) is 2.37. The molecule has 0 amide bonds. The predicted molar refractivity (Wildman–Crippen MR) is 77.5 cm³/mol. The topological polar surface area (TPSA) is 176 Å². The molecule has 0 aliphatic heterocycles. The highest BCUT2D eigenvalue weighted by molar-refractivity contribution is 7.89. The predicted octanol–water partition coefficient (Wildman–Crippen LogP) is 0.537. The van der Waals surface area contributed by atoms with Gasteiger partial charge in [-0.2, -0.15) is 0 Å². The van der Waals surface area contributed by atoms with Gasteiger partial charge in [0.05, 0.1) is 9.82 Å². The molecule has 0 bridgehead atoms. The zero-order chi connectivity index (χ0) is 17.1. The number of hydrogen-bond acceptors (Lipinski definition) is 7. The van der Waals surface area contributed by atoms with Crippen molar-refractivity contribution in [2.75, 3.05) is 5.32 Å². The van der Waals surface area contributed by atoms with E-state index in [1.165, 1.54) is 13.0 Å². The number of nitro groups is 1. The van der Waals surface area contributed by atoms with Crippen LogP contribution in [0.3, 0.4) is 0 Å². The lowest BCUT2D eigenvalue weighted by molar-refractivity contribution is -0.384. The molecule has 1 rings (SSSR count). The minimum Gasteiger partial charge on any atom is -0.477 e. The molecular formula is C11H14N4O6S. The second-order valence-electron chi connectivity index (χ2n) is 4.51. The standard InChI is InChI=1S/C11H14N4O6S/c1-6(4-8(12)11(16)17)14-9-3-2-7(22(13,20)21)5-10(9)15(18)19/h2-3,5-6,12,14H,4H2,1H3,(H,16,17)(H2,13,20,21)/t6-/m1/s1. The molecule has 0 unspecified atom stereocenters. The van der Waals surface area contributed by atoms with Crippen molar-refractivity contribution in [1.82, 2.24) is 0 Å². The minimum atomic E-state index is -4.08. The summed E-state index contributed by atoms with van der Waals surface area (Å²) in [5, 5.41) is 34.4. The maximum Gasteiger partial charge on any atom is 0.349 e. The lowest BCUT2D eigenvalue weighted by Crippen LogP contribution is -2.24. The Morgan fingerprint density at radius 3 is 2.59 bits per heavy atom. The van der Waals surface area contributed by atoms with Gasteiger partial charge >= 0.3 is 5.97 Å². The summed E-state index contributed by atoms with van der Waals surface area (Å²) in [5.74, 6) is -1.38. The van der Waals surface area contributed by atoms with Crippen LogP contribution in [0.5, 0.6) is 0 Å². The van der Waals surface area contributed by atoms with Crippen molar-refractivity contribution in [1.29, 1.82) is 5.41 Å². The van der Waals surface area contributed by atoms with Crippen molar-refractivity contribution >= 4 is 33.1 Å². The molecule has 0 saturated heterocycles. The molecule has 0 aromatic heterocycles. The molecule has 1 atom stereocenters. The highest BCUT2D eigenvalue weighted by atomic mass is 32.2. The fourth-order valence-electron chi connectivity index (χ4n) is 1.67. The SMILES string of the molecule is C[C@H](CC(=N)C(=O)O)Nc1ccc(S(N)(=O)=O)cc1[N+](=O)[O-]. The Balaban J connectivity index is 3.07. The number of nitrogens with zero attached hydrogens (tertiary/aromatic N) is 1. The largest absolute Gasteiger partial charge is 0.477 e. The summed E-state index contributed by atoms with van der Waals surface area (Å²) >= 11 is 0. The van der Waals surface area contributed by atoms with Crippen LogP contribution < -0.4 is 10.5 Å². The Hall–Kier alpha value is -2.53. The van der Waals surface area contributed by atoms with Crippen LogP contribution in [0.2, 0.25) is 0 Å². The molecule has 0 aliphatic rings. The van der Waals surface area contributed by atoms with Crippen LogP contribution in [-0.4, -0.2) is 36.2 Å². The van der Waals surface area contributed by atoms with E-state index in [2.05, 4.69) is 5.32 Å². The summed E-state index contributed by atoms with van der Waals surface area (Å²) in [6.07, 6.45) is -0.163. The van der Waals surface area contributed by atoms with Crippen LogP contribution >= 0.6 is 0 Å². The van der Waals surface area contributed by atoms with Crippen LogP contribution in [0, 0.1) is 15.5 Å². The van der Waals surface area contributed by atoms with E-state index < -0.39 is 43.3 Å². The first kappa shape index (κ1) is 17.5. The van der Waals surface area contributed by atoms with Crippen molar-refractivity contribution in [2.24, 2.45) is 5.14 Å². The summed E-state index contributed by atoms with van der Waals surface area (Å²) in [4.78, 5) is 20.4. The van der Waals surface area contributed by atoms with Crippen LogP contribution in [-0.2, 0) is 14.8 Å². The van der Waals surface area contributed by atoms with E-state index in [9.17, 15) is 23.3 Å². The van der Waals surface area contributed by atoms with Crippen molar-refractivity contribution in [2.45, 2.75) is 24.3 Å². The second-order valence-corrected chi connectivity index (χ2v) is 6.08. The lowest BCUT2D eigenvalue weighted by Gasteiger charge is -2.15. The number of aliphatic carboxylic acids is 1. The maximum atomic E-state index is 11.2. The number of carbonyl (C=O) groups is 1. The number of nitrogens with one attached hydrogen (secondary N) is 2. The fraction of sp³-hybridized carbons (Fsp3) is 0.273. The number of anilines is 1. The Morgan fingerprint density at radius 2 is 2.14 bits per heavy atom. The first-order valence-corrected chi connectivity index (χ1v) is 7.45. The minimum absolute atomic E-state index is 0.00286. The van der Waals surface area contributed by atoms with Crippen LogP contribution in [0.25, 0.3) is 0 Å². The first-order chi connectivity index (χ1) is 10.0. The van der Waals surface area contributed by atoms with Gasteiger partial charge in [-0.1, -0.05) is 0 Å². The Labute approximate surface area is 125 Å². The molecule has 5 N–H and O–H groups in total. The number of primary sulfonamides is 1. The Bertz CT molecular complexity index is 730. The zero-order valence-corrected chi connectivity index (χ0v) is 12.3. The third-order valence-corrected chi connectivity index (χ3v) is 3.58. The van der Waals surface area contributed by atoms with Gasteiger partial charge in [-0.25, -0.2) is 18.4 Å². The Kier molecular flexibility index (Phi) is 5.17. The molecule has 10 nitrogen and oxygen atoms in total. The normalized spacial score (nSPS) is 12.5. The van der Waals surface area contributed by atoms with E-state index in [4.69, 9.17) is 15.7 Å². The lowest BCUT2D eigenvalue weighted by atomic mass is 10.1. The highest BCUT2D eigenvalue weighted by Crippen LogP contribution is 2.28. The van der Waals surface area contributed by atoms with E-state index in [1.54, 1.807) is 0 Å². The molecule has 11 heteroatoms. The van der Waals surface area contributed by atoms with E-state index in [0.29, 0.717) is 0 Å². The molecule has 120 valence electrons. The molecule has 0 aliphatic carbocycles. The third-order valence-electron chi connectivity index (χ3n) is 2.66. The zero-order valence-electron chi connectivity index (χ0n) is 11.4. The molecule has 22 heavy (non-hydrogen) atoms. The van der Waals surface area contributed by atoms with Gasteiger partial charge in [0.15, 0.2) is 0 Å². The number of carboxylic acids is 1. The Morgan fingerprint density at radius 1 is 1.55 bits per heavy atom. The molecule has 0 saturated carbocycles. The fourth-order valence-corrected chi connectivity index (χ4v) is 2.21. The number of sulfonamides is 1. The van der Waals surface area contributed by atoms with Gasteiger partial charge in [0.25, 0.3) is 5.69 Å². The third kappa shape index (κ3) is 4.49. The van der Waals surface area contributed by atoms with Gasteiger partial charge < -0.3 is 10.4 Å². The number of benzene rings is 1. The van der Waals surface area contributed by atoms with E-state index in [-0.39, 0.29) is 12.1 Å². The summed E-state index contributed by atoms with van der Waals surface area (Å²) < 4.78 is 22.4. The molecule has 0 heterocycles. The van der Waals surface area contributed by atoms with Gasteiger partial charge in [-0.15, -0.1) is 0 Å². The second kappa shape index (κ2) is 6.49. The van der Waals surface area contributed by atoms with Gasteiger partial charge in [-0.3, -0.25) is 15.5 Å². The number of rotatable bonds is 7. The summed E-state index contributed by atoms with van der Waals surface area (Å²) in [5.41, 5.74) is -1.06. The molecule has 0 fully saturated rings. The van der Waals surface area contributed by atoms with Crippen LogP contribution in [0.15, 0.2) is 23.1 Å². The van der Waals surface area contributed by atoms with Crippen molar-refractivity contribution in [3.05, 3.63) is 28.3 Å². The van der Waals surface area contributed by atoms with Gasteiger partial charge in [0.1, 0.15) is 11.4 Å². The number of nitrogens with two attached hydrogens (primary N) is 1. The number of carboxylic acid groups (broad SMARTS) is 1. The van der Waals surface area contributed by atoms with Crippen LogP contribution in [0.1, 0.15) is 13.3 Å². The summed E-state index contributed by atoms with van der Waals surface area (Å²) in [6, 6.07) is 2.49. The molecule has 0 spiro atoms. The molecule has 0 radical (unpaired) electrons. The first-order valence-electron chi connectivity index (χ1n) is 5.91. The number of nitro benzene ring substituents is 1. The van der Waals surface area contributed by atoms with Gasteiger partial charge in [-0.05, 0) is 19.1 Å². The van der Waals surface area contributed by atoms with Crippen LogP contribution in [0.4, 0.5) is 11.4 Å². The van der Waals surface area contributed by atoms with Crippen molar-refractivity contribution in [3.8, 4) is 0 Å². The molecule has 1 aromatic rings. The highest BCUT2D eigenvalue weighted by Gasteiger charge is 2.21. The maximum absolute atomic E-state index is 11.2. The monoisotopic (exact) mass is 330 g/mol. The summed E-state index contributed by atoms with van der Waals surface area (Å²) in [7, 11) is -4.08. The van der Waals surface area contributed by atoms with E-state index in [0.717, 1.165) is 12.1 Å². The molecular weight excluding hydrogens is 316 g/mol. The van der Waals surface area contributed by atoms with Gasteiger partial charge in [0, 0.05) is 18.5 Å². The average molecular weight is 330 g/mol. The smallest absolute Gasteiger partial charge is 0.349 e. The van der Waals surface area contributed by atoms with E-state index in [1.807, 2.05) is 0 Å². The quantitative estimate of drug-likeness (QED) is 0.320. The molecule has 1 aromatic carbocycles. The van der Waals surface area contributed by atoms with E-state index >= 15 is 0 Å². The van der Waals surface area contributed by atoms with Gasteiger partial charge in [0.2, 0.25) is 10.0 Å². The number of hydrogen-bond donors (Lipinski definition) is 4. The van der Waals surface area contributed by atoms with Crippen molar-refractivity contribution in [3.63, 3.8) is 0 Å². The summed E-state index contributed by atoms with van der Waals surface area (Å²) in [6.45, 7) is 1.54. The van der Waals surface area contributed by atoms with Crippen molar-refractivity contribution < 1.29 is 23.2 Å².